The molecular weight excluding hydrogens is 262 g/mol. The first kappa shape index (κ1) is 15.4. The lowest BCUT2D eigenvalue weighted by Crippen LogP contribution is -2.50. The minimum Gasteiger partial charge on any atom is -0.480 e. The van der Waals surface area contributed by atoms with E-state index in [1.165, 1.54) is 30.9 Å². The van der Waals surface area contributed by atoms with E-state index in [0.29, 0.717) is 12.2 Å². The molecule has 0 saturated heterocycles. The van der Waals surface area contributed by atoms with Crippen LogP contribution in [-0.2, 0) is 4.79 Å². The van der Waals surface area contributed by atoms with Crippen molar-refractivity contribution in [2.24, 2.45) is 0 Å². The Morgan fingerprint density at radius 1 is 1.55 bits per heavy atom. The number of anilines is 1. The quantitative estimate of drug-likeness (QED) is 0.652. The highest BCUT2D eigenvalue weighted by atomic mass is 16.6. The highest BCUT2D eigenvalue weighted by Gasteiger charge is 2.35. The Kier molecular flexibility index (Phi) is 4.30. The van der Waals surface area contributed by atoms with E-state index in [-0.39, 0.29) is 11.3 Å². The van der Waals surface area contributed by atoms with Gasteiger partial charge in [0.25, 0.3) is 5.69 Å². The van der Waals surface area contributed by atoms with Gasteiger partial charge in [0.05, 0.1) is 16.2 Å². The Balaban J connectivity index is 3.41. The van der Waals surface area contributed by atoms with Gasteiger partial charge in [0.15, 0.2) is 0 Å². The fourth-order valence-corrected chi connectivity index (χ4v) is 1.94. The number of aliphatic carboxylic acids is 1. The molecule has 7 heteroatoms. The second-order valence-corrected chi connectivity index (χ2v) is 4.68. The third-order valence-electron chi connectivity index (χ3n) is 3.12. The Labute approximate surface area is 116 Å². The molecule has 0 saturated carbocycles. The van der Waals surface area contributed by atoms with Gasteiger partial charge in [0.2, 0.25) is 0 Å². The average molecular weight is 277 g/mol. The van der Waals surface area contributed by atoms with Crippen LogP contribution in [0, 0.1) is 21.4 Å². The number of hydrogen-bond acceptors (Lipinski definition) is 5. The van der Waals surface area contributed by atoms with Crippen molar-refractivity contribution >= 4 is 17.3 Å². The van der Waals surface area contributed by atoms with Crippen molar-refractivity contribution in [2.45, 2.75) is 26.3 Å². The van der Waals surface area contributed by atoms with Crippen LogP contribution in [0.3, 0.4) is 0 Å². The van der Waals surface area contributed by atoms with E-state index in [0.717, 1.165) is 6.07 Å². The second-order valence-electron chi connectivity index (χ2n) is 4.68. The number of likely N-dealkylation sites (N-methyl/N-ethyl adjacent to an activating group) is 1. The molecule has 0 aromatic heterocycles. The number of carboxylic acid groups (broad SMARTS) is 1. The predicted octanol–water partition coefficient (Wildman–Crippen LogP) is 2.16. The fraction of sp³-hybridized carbons (Fsp3) is 0.385. The average Bonchev–Trinajstić information content (AvgIpc) is 2.39. The standard InChI is InChI=1S/C13H15N3O4/c1-4-15(13(2,3)12(17)18)11-6-5-10(16(19)20)7-9(11)8-14/h5-7H,4H2,1-3H3,(H,17,18). The lowest BCUT2D eigenvalue weighted by molar-refractivity contribution is -0.384. The van der Waals surface area contributed by atoms with Gasteiger partial charge < -0.3 is 10.0 Å². The van der Waals surface area contributed by atoms with Crippen molar-refractivity contribution in [1.29, 1.82) is 5.26 Å². The third-order valence-corrected chi connectivity index (χ3v) is 3.12. The van der Waals surface area contributed by atoms with Gasteiger partial charge in [0, 0.05) is 18.7 Å². The van der Waals surface area contributed by atoms with Crippen molar-refractivity contribution in [3.63, 3.8) is 0 Å². The molecule has 0 aliphatic heterocycles. The summed E-state index contributed by atoms with van der Waals surface area (Å²) in [6.45, 7) is 5.14. The zero-order valence-electron chi connectivity index (χ0n) is 11.5. The van der Waals surface area contributed by atoms with Crippen molar-refractivity contribution in [3.05, 3.63) is 33.9 Å². The number of non-ortho nitro benzene ring substituents is 1. The summed E-state index contributed by atoms with van der Waals surface area (Å²) in [7, 11) is 0. The van der Waals surface area contributed by atoms with Crippen LogP contribution >= 0.6 is 0 Å². The Bertz CT molecular complexity index is 590. The van der Waals surface area contributed by atoms with Gasteiger partial charge in [-0.25, -0.2) is 4.79 Å². The third kappa shape index (κ3) is 2.69. The molecule has 1 N–H and O–H groups in total. The number of nitro groups is 1. The maximum absolute atomic E-state index is 11.3. The summed E-state index contributed by atoms with van der Waals surface area (Å²) in [5.41, 5.74) is -0.978. The molecule has 1 rings (SSSR count). The van der Waals surface area contributed by atoms with Gasteiger partial charge in [0.1, 0.15) is 11.6 Å². The van der Waals surface area contributed by atoms with Crippen LogP contribution in [0.25, 0.3) is 0 Å². The van der Waals surface area contributed by atoms with Crippen LogP contribution in [0.4, 0.5) is 11.4 Å². The molecule has 1 aromatic carbocycles. The largest absolute Gasteiger partial charge is 0.480 e. The number of benzene rings is 1. The molecule has 1 aromatic rings. The maximum atomic E-state index is 11.3. The summed E-state index contributed by atoms with van der Waals surface area (Å²) in [6.07, 6.45) is 0. The zero-order valence-corrected chi connectivity index (χ0v) is 11.5. The number of nitro benzene ring substituents is 1. The molecule has 0 amide bonds. The summed E-state index contributed by atoms with van der Waals surface area (Å²) in [4.78, 5) is 23.0. The molecule has 0 unspecified atom stereocenters. The summed E-state index contributed by atoms with van der Waals surface area (Å²) < 4.78 is 0. The SMILES string of the molecule is CCN(c1ccc([N+](=O)[O-])cc1C#N)C(C)(C)C(=O)O. The fourth-order valence-electron chi connectivity index (χ4n) is 1.94. The number of hydrogen-bond donors (Lipinski definition) is 1. The van der Waals surface area contributed by atoms with E-state index in [1.54, 1.807) is 6.92 Å². The van der Waals surface area contributed by atoms with Gasteiger partial charge in [-0.05, 0) is 26.8 Å². The first-order valence-corrected chi connectivity index (χ1v) is 5.95. The van der Waals surface area contributed by atoms with E-state index in [2.05, 4.69) is 0 Å². The van der Waals surface area contributed by atoms with Crippen LogP contribution in [0.15, 0.2) is 18.2 Å². The van der Waals surface area contributed by atoms with Gasteiger partial charge in [-0.3, -0.25) is 10.1 Å². The number of rotatable bonds is 5. The lowest BCUT2D eigenvalue weighted by Gasteiger charge is -2.36. The molecule has 0 radical (unpaired) electrons. The Morgan fingerprint density at radius 3 is 2.55 bits per heavy atom. The molecular formula is C13H15N3O4. The smallest absolute Gasteiger partial charge is 0.328 e. The molecule has 106 valence electrons. The predicted molar refractivity (Wildman–Crippen MR) is 72.5 cm³/mol. The van der Waals surface area contributed by atoms with Gasteiger partial charge in [-0.2, -0.15) is 5.26 Å². The summed E-state index contributed by atoms with van der Waals surface area (Å²) in [5.74, 6) is -1.04. The summed E-state index contributed by atoms with van der Waals surface area (Å²) in [6, 6.07) is 5.69. The van der Waals surface area contributed by atoms with E-state index < -0.39 is 16.4 Å². The van der Waals surface area contributed by atoms with Crippen LogP contribution in [0.5, 0.6) is 0 Å². The first-order chi connectivity index (χ1) is 9.25. The first-order valence-electron chi connectivity index (χ1n) is 5.95. The van der Waals surface area contributed by atoms with Gasteiger partial charge >= 0.3 is 5.97 Å². The molecule has 0 bridgehead atoms. The summed E-state index contributed by atoms with van der Waals surface area (Å²) in [5, 5.41) is 29.1. The van der Waals surface area contributed by atoms with Crippen LogP contribution in [0.1, 0.15) is 26.3 Å². The van der Waals surface area contributed by atoms with Gasteiger partial charge in [-0.15, -0.1) is 0 Å². The maximum Gasteiger partial charge on any atom is 0.328 e. The highest BCUT2D eigenvalue weighted by Crippen LogP contribution is 2.30. The lowest BCUT2D eigenvalue weighted by atomic mass is 10.00. The van der Waals surface area contributed by atoms with Crippen molar-refractivity contribution in [1.82, 2.24) is 0 Å². The molecule has 0 aliphatic rings. The van der Waals surface area contributed by atoms with E-state index in [9.17, 15) is 20.0 Å². The molecule has 20 heavy (non-hydrogen) atoms. The van der Waals surface area contributed by atoms with Crippen LogP contribution in [0.2, 0.25) is 0 Å². The molecule has 0 spiro atoms. The zero-order chi connectivity index (χ0) is 15.5. The van der Waals surface area contributed by atoms with Crippen molar-refractivity contribution in [2.75, 3.05) is 11.4 Å². The van der Waals surface area contributed by atoms with E-state index in [4.69, 9.17) is 5.26 Å². The number of carbonyl (C=O) groups is 1. The van der Waals surface area contributed by atoms with Crippen molar-refractivity contribution < 1.29 is 14.8 Å². The van der Waals surface area contributed by atoms with E-state index >= 15 is 0 Å². The molecule has 0 fully saturated rings. The van der Waals surface area contributed by atoms with Crippen LogP contribution in [-0.4, -0.2) is 28.1 Å². The van der Waals surface area contributed by atoms with Gasteiger partial charge in [-0.1, -0.05) is 0 Å². The number of carboxylic acids is 1. The topological polar surface area (TPSA) is 107 Å². The number of nitrogens with zero attached hydrogens (tertiary/aromatic N) is 3. The second kappa shape index (κ2) is 5.57. The summed E-state index contributed by atoms with van der Waals surface area (Å²) >= 11 is 0. The Morgan fingerprint density at radius 2 is 2.15 bits per heavy atom. The molecule has 0 aliphatic carbocycles. The van der Waals surface area contributed by atoms with Crippen molar-refractivity contribution in [3.8, 4) is 6.07 Å². The van der Waals surface area contributed by atoms with E-state index in [1.807, 2.05) is 6.07 Å². The highest BCUT2D eigenvalue weighted by molar-refractivity contribution is 5.83. The minimum absolute atomic E-state index is 0.0791. The monoisotopic (exact) mass is 277 g/mol. The molecule has 7 nitrogen and oxygen atoms in total. The van der Waals surface area contributed by atoms with Crippen LogP contribution < -0.4 is 4.90 Å². The molecule has 0 atom stereocenters. The number of nitriles is 1. The Hall–Kier alpha value is -2.62. The minimum atomic E-state index is -1.23. The normalized spacial score (nSPS) is 10.7. The molecule has 0 heterocycles.